The molecule has 0 aromatic carbocycles. The number of ether oxygens (including phenoxy) is 4. The molecule has 0 spiro atoms. The largest absolute Gasteiger partial charge is 0.463 e. The predicted molar refractivity (Wildman–Crippen MR) is 93.9 cm³/mol. The number of carbonyl (C=O) groups is 2. The van der Waals surface area contributed by atoms with Gasteiger partial charge in [0.1, 0.15) is 18.8 Å². The van der Waals surface area contributed by atoms with Crippen LogP contribution in [0.5, 0.6) is 0 Å². The highest BCUT2D eigenvalue weighted by atomic mass is 16.7. The molecule has 6 nitrogen and oxygen atoms in total. The Kier molecular flexibility index (Phi) is 11.2. The third kappa shape index (κ3) is 10.2. The van der Waals surface area contributed by atoms with Gasteiger partial charge in [0, 0.05) is 13.8 Å². The lowest BCUT2D eigenvalue weighted by Gasteiger charge is -2.31. The van der Waals surface area contributed by atoms with Crippen LogP contribution in [0.4, 0.5) is 0 Å². The average molecular weight is 356 g/mol. The maximum absolute atomic E-state index is 11.2. The minimum Gasteiger partial charge on any atom is -0.463 e. The fraction of sp³-hybridized carbons (Fsp3) is 0.789. The van der Waals surface area contributed by atoms with Crippen molar-refractivity contribution in [1.82, 2.24) is 0 Å². The van der Waals surface area contributed by atoms with Crippen molar-refractivity contribution >= 4 is 11.9 Å². The van der Waals surface area contributed by atoms with E-state index in [2.05, 4.69) is 6.92 Å². The fourth-order valence-electron chi connectivity index (χ4n) is 2.61. The third-order valence-corrected chi connectivity index (χ3v) is 3.92. The third-order valence-electron chi connectivity index (χ3n) is 3.92. The second-order valence-electron chi connectivity index (χ2n) is 6.30. The molecule has 1 aliphatic rings. The Balaban J connectivity index is 2.30. The zero-order chi connectivity index (χ0) is 18.5. The van der Waals surface area contributed by atoms with Crippen LogP contribution in [0.25, 0.3) is 0 Å². The minimum absolute atomic E-state index is 0.0227. The molecule has 0 amide bonds. The summed E-state index contributed by atoms with van der Waals surface area (Å²) in [6.07, 6.45) is 10.3. The number of rotatable bonds is 12. The van der Waals surface area contributed by atoms with E-state index in [4.69, 9.17) is 18.9 Å². The Morgan fingerprint density at radius 3 is 2.28 bits per heavy atom. The van der Waals surface area contributed by atoms with Crippen molar-refractivity contribution in [3.63, 3.8) is 0 Å². The molecule has 1 heterocycles. The van der Waals surface area contributed by atoms with Crippen molar-refractivity contribution in [1.29, 1.82) is 0 Å². The summed E-state index contributed by atoms with van der Waals surface area (Å²) >= 11 is 0. The molecule has 0 aromatic heterocycles. The van der Waals surface area contributed by atoms with E-state index < -0.39 is 30.4 Å². The van der Waals surface area contributed by atoms with Crippen LogP contribution in [0.2, 0.25) is 0 Å². The van der Waals surface area contributed by atoms with Gasteiger partial charge in [0.2, 0.25) is 0 Å². The maximum Gasteiger partial charge on any atom is 0.303 e. The van der Waals surface area contributed by atoms with E-state index in [0.717, 1.165) is 12.8 Å². The number of unbranched alkanes of at least 4 members (excludes halogenated alkanes) is 6. The number of esters is 2. The monoisotopic (exact) mass is 356 g/mol. The van der Waals surface area contributed by atoms with Crippen molar-refractivity contribution in [2.45, 2.75) is 84.2 Å². The normalized spacial score (nSPS) is 22.6. The van der Waals surface area contributed by atoms with Gasteiger partial charge in [-0.1, -0.05) is 45.4 Å². The topological polar surface area (TPSA) is 71.1 Å². The Bertz CT molecular complexity index is 420. The average Bonchev–Trinajstić information content (AvgIpc) is 2.56. The molecular weight excluding hydrogens is 324 g/mol. The van der Waals surface area contributed by atoms with E-state index in [1.165, 1.54) is 46.0 Å². The summed E-state index contributed by atoms with van der Waals surface area (Å²) < 4.78 is 21.6. The molecule has 0 bridgehead atoms. The van der Waals surface area contributed by atoms with Crippen molar-refractivity contribution in [2.24, 2.45) is 0 Å². The summed E-state index contributed by atoms with van der Waals surface area (Å²) in [5.41, 5.74) is 0. The van der Waals surface area contributed by atoms with E-state index >= 15 is 0 Å². The number of carbonyl (C=O) groups excluding carboxylic acids is 2. The molecule has 1 rings (SSSR count). The SMILES string of the molecule is CCCCCCCCCOC1C=CC(OC(C)=O)C(COC(C)=O)O1. The summed E-state index contributed by atoms with van der Waals surface area (Å²) in [5, 5.41) is 0. The molecular formula is C19H32O6. The summed E-state index contributed by atoms with van der Waals surface area (Å²) in [6.45, 7) is 5.51. The molecule has 0 aromatic rings. The minimum atomic E-state index is -0.574. The first-order valence-corrected chi connectivity index (χ1v) is 9.29. The smallest absolute Gasteiger partial charge is 0.303 e. The highest BCUT2D eigenvalue weighted by Crippen LogP contribution is 2.18. The lowest BCUT2D eigenvalue weighted by molar-refractivity contribution is -0.197. The predicted octanol–water partition coefficient (Wildman–Crippen LogP) is 3.53. The molecule has 1 aliphatic heterocycles. The first-order valence-electron chi connectivity index (χ1n) is 9.29. The Labute approximate surface area is 150 Å². The van der Waals surface area contributed by atoms with Crippen molar-refractivity contribution in [3.05, 3.63) is 12.2 Å². The molecule has 0 N–H and O–H groups in total. The van der Waals surface area contributed by atoms with Gasteiger partial charge in [0.15, 0.2) is 6.29 Å². The van der Waals surface area contributed by atoms with Gasteiger partial charge in [-0.3, -0.25) is 9.59 Å². The van der Waals surface area contributed by atoms with Crippen LogP contribution in [-0.2, 0) is 28.5 Å². The van der Waals surface area contributed by atoms with E-state index in [0.29, 0.717) is 6.61 Å². The molecule has 0 fully saturated rings. The van der Waals surface area contributed by atoms with Crippen LogP contribution in [0, 0.1) is 0 Å². The zero-order valence-corrected chi connectivity index (χ0v) is 15.7. The van der Waals surface area contributed by atoms with Crippen LogP contribution in [-0.4, -0.2) is 43.7 Å². The van der Waals surface area contributed by atoms with Crippen molar-refractivity contribution in [3.8, 4) is 0 Å². The fourth-order valence-corrected chi connectivity index (χ4v) is 2.61. The van der Waals surface area contributed by atoms with Crippen molar-refractivity contribution in [2.75, 3.05) is 13.2 Å². The Morgan fingerprint density at radius 2 is 1.64 bits per heavy atom. The van der Waals surface area contributed by atoms with Gasteiger partial charge in [0.25, 0.3) is 0 Å². The maximum atomic E-state index is 11.2. The summed E-state index contributed by atoms with van der Waals surface area (Å²) in [7, 11) is 0. The lowest BCUT2D eigenvalue weighted by atomic mass is 10.1. The van der Waals surface area contributed by atoms with Gasteiger partial charge in [-0.05, 0) is 18.6 Å². The molecule has 6 heteroatoms. The quantitative estimate of drug-likeness (QED) is 0.303. The molecule has 144 valence electrons. The van der Waals surface area contributed by atoms with E-state index in [1.54, 1.807) is 12.2 Å². The van der Waals surface area contributed by atoms with Gasteiger partial charge in [0.05, 0.1) is 6.61 Å². The summed E-state index contributed by atoms with van der Waals surface area (Å²) in [6, 6.07) is 0. The second-order valence-corrected chi connectivity index (χ2v) is 6.30. The van der Waals surface area contributed by atoms with Gasteiger partial charge >= 0.3 is 11.9 Å². The molecule has 0 saturated heterocycles. The summed E-state index contributed by atoms with van der Waals surface area (Å²) in [5.74, 6) is -0.811. The standard InChI is InChI=1S/C19H32O6/c1-4-5-6-7-8-9-10-13-22-19-12-11-17(24-16(3)21)18(25-19)14-23-15(2)20/h11-12,17-19H,4-10,13-14H2,1-3H3. The summed E-state index contributed by atoms with van der Waals surface area (Å²) in [4.78, 5) is 22.2. The molecule has 3 atom stereocenters. The lowest BCUT2D eigenvalue weighted by Crippen LogP contribution is -2.42. The molecule has 25 heavy (non-hydrogen) atoms. The van der Waals surface area contributed by atoms with Crippen LogP contribution in [0.1, 0.15) is 65.7 Å². The Morgan fingerprint density at radius 1 is 0.960 bits per heavy atom. The van der Waals surface area contributed by atoms with Gasteiger partial charge in [-0.15, -0.1) is 0 Å². The molecule has 3 unspecified atom stereocenters. The molecule has 0 saturated carbocycles. The highest BCUT2D eigenvalue weighted by Gasteiger charge is 2.30. The first kappa shape index (κ1) is 21.6. The number of hydrogen-bond donors (Lipinski definition) is 0. The van der Waals surface area contributed by atoms with Crippen molar-refractivity contribution < 1.29 is 28.5 Å². The van der Waals surface area contributed by atoms with E-state index in [9.17, 15) is 9.59 Å². The second kappa shape index (κ2) is 12.9. The first-order chi connectivity index (χ1) is 12.0. The zero-order valence-electron chi connectivity index (χ0n) is 15.7. The van der Waals surface area contributed by atoms with E-state index in [-0.39, 0.29) is 6.61 Å². The Hall–Kier alpha value is -1.40. The van der Waals surface area contributed by atoms with Gasteiger partial charge < -0.3 is 18.9 Å². The molecule has 0 radical (unpaired) electrons. The van der Waals surface area contributed by atoms with Crippen LogP contribution >= 0.6 is 0 Å². The van der Waals surface area contributed by atoms with Gasteiger partial charge in [-0.2, -0.15) is 0 Å². The van der Waals surface area contributed by atoms with E-state index in [1.807, 2.05) is 0 Å². The van der Waals surface area contributed by atoms with Gasteiger partial charge in [-0.25, -0.2) is 0 Å². The highest BCUT2D eigenvalue weighted by molar-refractivity contribution is 5.66. The molecule has 0 aliphatic carbocycles. The van der Waals surface area contributed by atoms with Crippen LogP contribution in [0.3, 0.4) is 0 Å². The van der Waals surface area contributed by atoms with Crippen LogP contribution in [0.15, 0.2) is 12.2 Å². The number of hydrogen-bond acceptors (Lipinski definition) is 6. The van der Waals surface area contributed by atoms with Crippen LogP contribution < -0.4 is 0 Å².